The average molecular weight is 427 g/mol. The van der Waals surface area contributed by atoms with Crippen LogP contribution in [0.2, 0.25) is 0 Å². The molecule has 2 amide bonds. The Morgan fingerprint density at radius 2 is 2.03 bits per heavy atom. The number of hydrogen-bond donors (Lipinski definition) is 1. The number of aromatic nitrogens is 2. The normalized spacial score (nSPS) is 19.7. The second-order valence-corrected chi connectivity index (χ2v) is 9.04. The standard InChI is InChI=1S/C24H34N4O3/c1-17-9-10-21(14-18(17)2)25-24(29)28-12-5-8-20(15-28)23-26-22(27-31-23)11-13-30-16-19-6-3-4-7-19/h9-10,14,19-20H,3-8,11-13,15-16H2,1-2H3,(H,25,29). The van der Waals surface area contributed by atoms with Crippen molar-refractivity contribution in [3.05, 3.63) is 41.0 Å². The summed E-state index contributed by atoms with van der Waals surface area (Å²) in [4.78, 5) is 19.2. The number of benzene rings is 1. The van der Waals surface area contributed by atoms with Crippen molar-refractivity contribution in [2.24, 2.45) is 5.92 Å². The molecule has 31 heavy (non-hydrogen) atoms. The Balaban J connectivity index is 1.26. The van der Waals surface area contributed by atoms with Crippen molar-refractivity contribution < 1.29 is 14.1 Å². The molecular formula is C24H34N4O3. The Morgan fingerprint density at radius 1 is 1.19 bits per heavy atom. The Labute approximate surface area is 184 Å². The number of likely N-dealkylation sites (tertiary alicyclic amines) is 1. The highest BCUT2D eigenvalue weighted by Gasteiger charge is 2.28. The van der Waals surface area contributed by atoms with E-state index in [1.54, 1.807) is 0 Å². The smallest absolute Gasteiger partial charge is 0.321 e. The van der Waals surface area contributed by atoms with E-state index in [0.717, 1.165) is 37.6 Å². The highest BCUT2D eigenvalue weighted by Crippen LogP contribution is 2.27. The summed E-state index contributed by atoms with van der Waals surface area (Å²) in [6.45, 7) is 6.92. The van der Waals surface area contributed by atoms with Gasteiger partial charge in [-0.3, -0.25) is 0 Å². The topological polar surface area (TPSA) is 80.5 Å². The molecule has 2 aliphatic rings. The summed E-state index contributed by atoms with van der Waals surface area (Å²) in [6.07, 6.45) is 7.80. The largest absolute Gasteiger partial charge is 0.381 e. The van der Waals surface area contributed by atoms with Gasteiger partial charge in [0.25, 0.3) is 0 Å². The maximum absolute atomic E-state index is 12.8. The number of ether oxygens (including phenoxy) is 1. The number of nitrogens with one attached hydrogen (secondary N) is 1. The molecule has 1 atom stereocenters. The van der Waals surface area contributed by atoms with Crippen molar-refractivity contribution >= 4 is 11.7 Å². The fourth-order valence-corrected chi connectivity index (χ4v) is 4.51. The first-order chi connectivity index (χ1) is 15.1. The molecule has 1 N–H and O–H groups in total. The zero-order chi connectivity index (χ0) is 21.6. The Kier molecular flexibility index (Phi) is 7.22. The molecule has 7 heteroatoms. The highest BCUT2D eigenvalue weighted by molar-refractivity contribution is 5.89. The van der Waals surface area contributed by atoms with E-state index in [4.69, 9.17) is 9.26 Å². The van der Waals surface area contributed by atoms with Crippen molar-refractivity contribution in [2.45, 2.75) is 64.7 Å². The van der Waals surface area contributed by atoms with Crippen LogP contribution in [0.4, 0.5) is 10.5 Å². The van der Waals surface area contributed by atoms with Gasteiger partial charge in [0.15, 0.2) is 5.82 Å². The van der Waals surface area contributed by atoms with Gasteiger partial charge in [-0.15, -0.1) is 0 Å². The van der Waals surface area contributed by atoms with E-state index in [-0.39, 0.29) is 11.9 Å². The minimum Gasteiger partial charge on any atom is -0.381 e. The number of carbonyl (C=O) groups is 1. The van der Waals surface area contributed by atoms with Crippen molar-refractivity contribution in [1.29, 1.82) is 0 Å². The van der Waals surface area contributed by atoms with Crippen LogP contribution < -0.4 is 5.32 Å². The molecule has 1 aliphatic heterocycles. The molecule has 0 spiro atoms. The lowest BCUT2D eigenvalue weighted by Gasteiger charge is -2.31. The van der Waals surface area contributed by atoms with Crippen LogP contribution in [0.15, 0.2) is 22.7 Å². The number of hydrogen-bond acceptors (Lipinski definition) is 5. The number of aryl methyl sites for hydroxylation is 2. The molecule has 2 aromatic rings. The minimum absolute atomic E-state index is 0.0759. The van der Waals surface area contributed by atoms with Crippen LogP contribution in [0.3, 0.4) is 0 Å². The van der Waals surface area contributed by atoms with Gasteiger partial charge in [-0.2, -0.15) is 4.98 Å². The molecule has 0 radical (unpaired) electrons. The molecule has 7 nitrogen and oxygen atoms in total. The molecule has 0 bridgehead atoms. The van der Waals surface area contributed by atoms with Crippen LogP contribution in [0.25, 0.3) is 0 Å². The summed E-state index contributed by atoms with van der Waals surface area (Å²) in [6, 6.07) is 5.91. The summed E-state index contributed by atoms with van der Waals surface area (Å²) in [5.74, 6) is 2.14. The van der Waals surface area contributed by atoms with Gasteiger partial charge >= 0.3 is 6.03 Å². The number of anilines is 1. The van der Waals surface area contributed by atoms with Gasteiger partial charge in [-0.1, -0.05) is 24.1 Å². The second kappa shape index (κ2) is 10.3. The maximum Gasteiger partial charge on any atom is 0.321 e. The first-order valence-corrected chi connectivity index (χ1v) is 11.6. The lowest BCUT2D eigenvalue weighted by molar-refractivity contribution is 0.102. The minimum atomic E-state index is -0.0759. The third kappa shape index (κ3) is 5.85. The van der Waals surface area contributed by atoms with Crippen LogP contribution in [-0.2, 0) is 11.2 Å². The molecule has 1 saturated heterocycles. The summed E-state index contributed by atoms with van der Waals surface area (Å²) in [5.41, 5.74) is 3.21. The molecule has 2 heterocycles. The molecule has 168 valence electrons. The number of urea groups is 1. The third-order valence-corrected chi connectivity index (χ3v) is 6.60. The number of carbonyl (C=O) groups excluding carboxylic acids is 1. The van der Waals surface area contributed by atoms with E-state index in [1.807, 2.05) is 23.1 Å². The highest BCUT2D eigenvalue weighted by atomic mass is 16.5. The zero-order valence-electron chi connectivity index (χ0n) is 18.7. The SMILES string of the molecule is Cc1ccc(NC(=O)N2CCCC(c3nc(CCOCC4CCCC4)no3)C2)cc1C. The predicted molar refractivity (Wildman–Crippen MR) is 119 cm³/mol. The maximum atomic E-state index is 12.8. The fraction of sp³-hybridized carbons (Fsp3) is 0.625. The van der Waals surface area contributed by atoms with Crippen LogP contribution >= 0.6 is 0 Å². The van der Waals surface area contributed by atoms with Crippen LogP contribution in [0.1, 0.15) is 67.3 Å². The van der Waals surface area contributed by atoms with Crippen molar-refractivity contribution in [3.63, 3.8) is 0 Å². The lowest BCUT2D eigenvalue weighted by Crippen LogP contribution is -2.41. The average Bonchev–Trinajstić information content (AvgIpc) is 3.46. The number of rotatable bonds is 7. The zero-order valence-corrected chi connectivity index (χ0v) is 18.7. The number of nitrogens with zero attached hydrogens (tertiary/aromatic N) is 3. The summed E-state index contributed by atoms with van der Waals surface area (Å²) >= 11 is 0. The van der Waals surface area contributed by atoms with Gasteiger partial charge in [-0.25, -0.2) is 4.79 Å². The Hall–Kier alpha value is -2.41. The summed E-state index contributed by atoms with van der Waals surface area (Å²) < 4.78 is 11.3. The van der Waals surface area contributed by atoms with Gasteiger partial charge in [0.05, 0.1) is 12.5 Å². The van der Waals surface area contributed by atoms with E-state index in [0.29, 0.717) is 31.3 Å². The molecule has 1 saturated carbocycles. The monoisotopic (exact) mass is 426 g/mol. The van der Waals surface area contributed by atoms with Crippen LogP contribution in [0.5, 0.6) is 0 Å². The molecule has 4 rings (SSSR count). The van der Waals surface area contributed by atoms with Crippen LogP contribution in [-0.4, -0.2) is 47.4 Å². The van der Waals surface area contributed by atoms with Crippen molar-refractivity contribution in [2.75, 3.05) is 31.6 Å². The van der Waals surface area contributed by atoms with Crippen LogP contribution in [0, 0.1) is 19.8 Å². The first kappa shape index (κ1) is 21.8. The molecular weight excluding hydrogens is 392 g/mol. The predicted octanol–water partition coefficient (Wildman–Crippen LogP) is 4.85. The number of amides is 2. The summed E-state index contributed by atoms with van der Waals surface area (Å²) in [5, 5.41) is 7.15. The van der Waals surface area contributed by atoms with Crippen molar-refractivity contribution in [1.82, 2.24) is 15.0 Å². The Morgan fingerprint density at radius 3 is 2.84 bits per heavy atom. The Bertz CT molecular complexity index is 875. The summed E-state index contributed by atoms with van der Waals surface area (Å²) in [7, 11) is 0. The quantitative estimate of drug-likeness (QED) is 0.640. The van der Waals surface area contributed by atoms with Crippen molar-refractivity contribution in [3.8, 4) is 0 Å². The van der Waals surface area contributed by atoms with E-state index in [1.165, 1.54) is 36.8 Å². The third-order valence-electron chi connectivity index (χ3n) is 6.60. The first-order valence-electron chi connectivity index (χ1n) is 11.6. The van der Waals surface area contributed by atoms with E-state index in [2.05, 4.69) is 29.3 Å². The lowest BCUT2D eigenvalue weighted by atomic mass is 9.98. The molecule has 1 aromatic heterocycles. The van der Waals surface area contributed by atoms with Gasteiger partial charge in [-0.05, 0) is 68.7 Å². The van der Waals surface area contributed by atoms with Gasteiger partial charge in [0, 0.05) is 31.8 Å². The fourth-order valence-electron chi connectivity index (χ4n) is 4.51. The molecule has 2 fully saturated rings. The van der Waals surface area contributed by atoms with Gasteiger partial charge in [0.2, 0.25) is 5.89 Å². The second-order valence-electron chi connectivity index (χ2n) is 9.04. The number of piperidine rings is 1. The van der Waals surface area contributed by atoms with E-state index < -0.39 is 0 Å². The molecule has 1 aromatic carbocycles. The van der Waals surface area contributed by atoms with E-state index >= 15 is 0 Å². The van der Waals surface area contributed by atoms with Gasteiger partial charge < -0.3 is 19.5 Å². The van der Waals surface area contributed by atoms with E-state index in [9.17, 15) is 4.79 Å². The molecule has 1 aliphatic carbocycles. The van der Waals surface area contributed by atoms with Gasteiger partial charge in [0.1, 0.15) is 0 Å². The molecule has 1 unspecified atom stereocenters.